The van der Waals surface area contributed by atoms with Crippen molar-refractivity contribution in [2.24, 2.45) is 0 Å². The van der Waals surface area contributed by atoms with Gasteiger partial charge in [-0.05, 0) is 23.8 Å². The first kappa shape index (κ1) is 14.8. The Hall–Kier alpha value is -1.59. The molecule has 6 heteroatoms. The van der Waals surface area contributed by atoms with Crippen molar-refractivity contribution in [1.82, 2.24) is 0 Å². The number of halogens is 2. The normalized spacial score (nSPS) is 12.2. The molecule has 2 aromatic carbocycles. The van der Waals surface area contributed by atoms with E-state index in [1.54, 1.807) is 24.3 Å². The molecule has 1 unspecified atom stereocenters. The molecule has 106 valence electrons. The summed E-state index contributed by atoms with van der Waals surface area (Å²) in [6, 6.07) is 9.32. The van der Waals surface area contributed by atoms with Gasteiger partial charge in [0.1, 0.15) is 11.6 Å². The summed E-state index contributed by atoms with van der Waals surface area (Å²) in [5, 5.41) is -0.00439. The van der Waals surface area contributed by atoms with Crippen molar-refractivity contribution >= 4 is 28.1 Å². The van der Waals surface area contributed by atoms with Crippen LogP contribution in [0.4, 0.5) is 10.1 Å². The van der Waals surface area contributed by atoms with E-state index in [0.717, 1.165) is 0 Å². The highest BCUT2D eigenvalue weighted by Gasteiger charge is 2.14. The van der Waals surface area contributed by atoms with Crippen LogP contribution in [-0.2, 0) is 16.6 Å². The number of nitrogen functional groups attached to an aromatic ring is 1. The van der Waals surface area contributed by atoms with Gasteiger partial charge in [0.2, 0.25) is 0 Å². The van der Waals surface area contributed by atoms with Crippen molar-refractivity contribution in [3.63, 3.8) is 0 Å². The minimum absolute atomic E-state index is 0.00439. The highest BCUT2D eigenvalue weighted by Crippen LogP contribution is 2.28. The lowest BCUT2D eigenvalue weighted by molar-refractivity contribution is 0.404. The molecule has 0 radical (unpaired) electrons. The molecule has 2 aromatic rings. The average molecular weight is 314 g/mol. The third-order valence-electron chi connectivity index (χ3n) is 2.75. The fraction of sp³-hybridized carbons (Fsp3) is 0.143. The number of hydrogen-bond acceptors (Lipinski definition) is 3. The first-order chi connectivity index (χ1) is 9.52. The molecule has 0 spiro atoms. The van der Waals surface area contributed by atoms with Crippen molar-refractivity contribution < 1.29 is 13.3 Å². The Labute approximate surface area is 124 Å². The minimum atomic E-state index is -1.40. The number of hydrogen-bond donors (Lipinski definition) is 1. The molecule has 0 bridgehead atoms. The highest BCUT2D eigenvalue weighted by molar-refractivity contribution is 7.84. The molecule has 0 heterocycles. The Morgan fingerprint density at radius 3 is 2.80 bits per heavy atom. The summed E-state index contributed by atoms with van der Waals surface area (Å²) in [5.74, 6) is 0.0259. The van der Waals surface area contributed by atoms with Crippen molar-refractivity contribution in [2.45, 2.75) is 10.6 Å². The fourth-order valence-corrected chi connectivity index (χ4v) is 3.29. The van der Waals surface area contributed by atoms with Gasteiger partial charge in [0.25, 0.3) is 0 Å². The maximum Gasteiger partial charge on any atom is 0.142 e. The summed E-state index contributed by atoms with van der Waals surface area (Å²) < 4.78 is 30.9. The summed E-state index contributed by atoms with van der Waals surface area (Å²) in [6.07, 6.45) is 0. The van der Waals surface area contributed by atoms with Gasteiger partial charge in [0.05, 0.1) is 33.6 Å². The summed E-state index contributed by atoms with van der Waals surface area (Å²) in [5.41, 5.74) is 6.66. The number of ether oxygens (including phenoxy) is 1. The van der Waals surface area contributed by atoms with Crippen LogP contribution in [0.25, 0.3) is 0 Å². The van der Waals surface area contributed by atoms with Crippen LogP contribution in [0.5, 0.6) is 5.75 Å². The van der Waals surface area contributed by atoms with E-state index in [4.69, 9.17) is 22.1 Å². The van der Waals surface area contributed by atoms with E-state index in [2.05, 4.69) is 0 Å². The molecule has 0 saturated carbocycles. The first-order valence-corrected chi connectivity index (χ1v) is 7.47. The predicted octanol–water partition coefficient (Wildman–Crippen LogP) is 3.38. The van der Waals surface area contributed by atoms with Gasteiger partial charge >= 0.3 is 0 Å². The molecule has 0 amide bonds. The first-order valence-electron chi connectivity index (χ1n) is 5.77. The van der Waals surface area contributed by atoms with E-state index in [1.165, 1.54) is 19.2 Å². The topological polar surface area (TPSA) is 52.3 Å². The third kappa shape index (κ3) is 3.11. The van der Waals surface area contributed by atoms with Crippen LogP contribution in [-0.4, -0.2) is 11.3 Å². The Bertz CT molecular complexity index is 664. The van der Waals surface area contributed by atoms with Gasteiger partial charge in [-0.15, -0.1) is 0 Å². The molecule has 0 aromatic heterocycles. The van der Waals surface area contributed by atoms with E-state index in [9.17, 15) is 8.60 Å². The molecule has 2 rings (SSSR count). The quantitative estimate of drug-likeness (QED) is 0.880. The zero-order valence-corrected chi connectivity index (χ0v) is 12.3. The standard InChI is InChI=1S/C14H13ClFNO2S/c1-19-12-7-10(17)5-6-13(12)20(18)8-9-3-2-4-11(16)14(9)15/h2-7H,8,17H2,1H3. The summed E-state index contributed by atoms with van der Waals surface area (Å²) in [7, 11) is 0.0725. The Morgan fingerprint density at radius 1 is 1.35 bits per heavy atom. The Kier molecular flexibility index (Phi) is 4.62. The fourth-order valence-electron chi connectivity index (χ4n) is 1.75. The molecule has 20 heavy (non-hydrogen) atoms. The maximum absolute atomic E-state index is 13.4. The van der Waals surface area contributed by atoms with E-state index in [1.807, 2.05) is 0 Å². The van der Waals surface area contributed by atoms with Crippen LogP contribution in [0.15, 0.2) is 41.3 Å². The van der Waals surface area contributed by atoms with Crippen LogP contribution >= 0.6 is 11.6 Å². The van der Waals surface area contributed by atoms with Crippen molar-refractivity contribution in [3.8, 4) is 5.75 Å². The molecule has 0 fully saturated rings. The Balaban J connectivity index is 2.31. The number of nitrogens with two attached hydrogens (primary N) is 1. The number of methoxy groups -OCH3 is 1. The van der Waals surface area contributed by atoms with Crippen LogP contribution in [0, 0.1) is 5.82 Å². The van der Waals surface area contributed by atoms with E-state index in [0.29, 0.717) is 21.9 Å². The average Bonchev–Trinajstić information content (AvgIpc) is 2.43. The summed E-state index contributed by atoms with van der Waals surface area (Å²) in [4.78, 5) is 0.502. The van der Waals surface area contributed by atoms with Crippen LogP contribution in [0.2, 0.25) is 5.02 Å². The second kappa shape index (κ2) is 6.24. The molecule has 2 N–H and O–H groups in total. The molecule has 0 aliphatic heterocycles. The van der Waals surface area contributed by atoms with Crippen molar-refractivity contribution in [3.05, 3.63) is 52.8 Å². The van der Waals surface area contributed by atoms with Crippen molar-refractivity contribution in [2.75, 3.05) is 12.8 Å². The molecule has 0 aliphatic carbocycles. The van der Waals surface area contributed by atoms with E-state index < -0.39 is 16.6 Å². The predicted molar refractivity (Wildman–Crippen MR) is 78.9 cm³/mol. The summed E-state index contributed by atoms with van der Waals surface area (Å²) >= 11 is 5.86. The van der Waals surface area contributed by atoms with E-state index >= 15 is 0 Å². The molecule has 1 atom stereocenters. The SMILES string of the molecule is COc1cc(N)ccc1S(=O)Cc1cccc(F)c1Cl. The van der Waals surface area contributed by atoms with Crippen LogP contribution < -0.4 is 10.5 Å². The third-order valence-corrected chi connectivity index (χ3v) is 4.58. The molecule has 0 saturated heterocycles. The van der Waals surface area contributed by atoms with Gasteiger partial charge in [-0.2, -0.15) is 0 Å². The number of rotatable bonds is 4. The van der Waals surface area contributed by atoms with Gasteiger partial charge in [-0.25, -0.2) is 4.39 Å². The smallest absolute Gasteiger partial charge is 0.142 e. The highest BCUT2D eigenvalue weighted by atomic mass is 35.5. The number of anilines is 1. The molecular weight excluding hydrogens is 301 g/mol. The van der Waals surface area contributed by atoms with Crippen LogP contribution in [0.3, 0.4) is 0 Å². The van der Waals surface area contributed by atoms with Gasteiger partial charge in [0, 0.05) is 11.8 Å². The number of benzene rings is 2. The largest absolute Gasteiger partial charge is 0.495 e. The molecule has 0 aliphatic rings. The van der Waals surface area contributed by atoms with Gasteiger partial charge < -0.3 is 10.5 Å². The molecular formula is C14H13ClFNO2S. The lowest BCUT2D eigenvalue weighted by atomic mass is 10.2. The molecule has 3 nitrogen and oxygen atoms in total. The minimum Gasteiger partial charge on any atom is -0.495 e. The zero-order chi connectivity index (χ0) is 14.7. The van der Waals surface area contributed by atoms with Gasteiger partial charge in [-0.3, -0.25) is 4.21 Å². The maximum atomic E-state index is 13.4. The lowest BCUT2D eigenvalue weighted by Gasteiger charge is -2.10. The monoisotopic (exact) mass is 313 g/mol. The lowest BCUT2D eigenvalue weighted by Crippen LogP contribution is -2.01. The second-order valence-corrected chi connectivity index (χ2v) is 5.91. The van der Waals surface area contributed by atoms with Gasteiger partial charge in [-0.1, -0.05) is 23.7 Å². The Morgan fingerprint density at radius 2 is 2.10 bits per heavy atom. The second-order valence-electron chi connectivity index (χ2n) is 4.11. The summed E-state index contributed by atoms with van der Waals surface area (Å²) in [6.45, 7) is 0. The van der Waals surface area contributed by atoms with E-state index in [-0.39, 0.29) is 10.8 Å². The van der Waals surface area contributed by atoms with Gasteiger partial charge in [0.15, 0.2) is 0 Å². The van der Waals surface area contributed by atoms with Crippen molar-refractivity contribution in [1.29, 1.82) is 0 Å². The van der Waals surface area contributed by atoms with Crippen LogP contribution in [0.1, 0.15) is 5.56 Å². The zero-order valence-electron chi connectivity index (χ0n) is 10.7.